The quantitative estimate of drug-likeness (QED) is 0.804. The molecule has 2 fully saturated rings. The molecule has 0 radical (unpaired) electrons. The van der Waals surface area contributed by atoms with Crippen LogP contribution in [0, 0.1) is 0 Å². The average molecular weight is 303 g/mol. The summed E-state index contributed by atoms with van der Waals surface area (Å²) in [5.41, 5.74) is -0.580. The minimum absolute atomic E-state index is 0.179. The van der Waals surface area contributed by atoms with E-state index in [1.165, 1.54) is 4.90 Å². The number of alkyl halides is 1. The largest absolute Gasteiger partial charge is 0.444 e. The highest BCUT2D eigenvalue weighted by atomic mass is 19.1. The number of ether oxygens (including phenoxy) is 3. The highest BCUT2D eigenvalue weighted by molar-refractivity contribution is 5.69. The van der Waals surface area contributed by atoms with Crippen molar-refractivity contribution in [1.29, 1.82) is 0 Å². The van der Waals surface area contributed by atoms with Crippen LogP contribution in [0.15, 0.2) is 0 Å². The Morgan fingerprint density at radius 3 is 2.71 bits per heavy atom. The molecule has 1 amide bonds. The SMILES string of the molecule is CC(C)(C)OC(=O)N1C[C@@H](OC2CCCCO2)C[C@H]1CF. The van der Waals surface area contributed by atoms with E-state index in [1.54, 1.807) is 20.8 Å². The zero-order chi connectivity index (χ0) is 15.5. The molecule has 0 aromatic rings. The van der Waals surface area contributed by atoms with E-state index >= 15 is 0 Å². The second-order valence-corrected chi connectivity index (χ2v) is 6.73. The molecule has 0 aromatic carbocycles. The Kier molecular flexibility index (Phi) is 5.43. The van der Waals surface area contributed by atoms with Gasteiger partial charge in [-0.2, -0.15) is 0 Å². The number of carbonyl (C=O) groups excluding carboxylic acids is 1. The van der Waals surface area contributed by atoms with Crippen LogP contribution < -0.4 is 0 Å². The van der Waals surface area contributed by atoms with E-state index in [1.807, 2.05) is 0 Å². The van der Waals surface area contributed by atoms with Crippen LogP contribution in [0.5, 0.6) is 0 Å². The molecule has 122 valence electrons. The standard InChI is InChI=1S/C15H26FNO4/c1-15(2,3)21-14(18)17-10-12(8-11(17)9-16)20-13-6-4-5-7-19-13/h11-13H,4-10H2,1-3H3/t11-,12-,13?/m0/s1. The van der Waals surface area contributed by atoms with Gasteiger partial charge in [0.05, 0.1) is 18.7 Å². The zero-order valence-corrected chi connectivity index (χ0v) is 13.1. The highest BCUT2D eigenvalue weighted by Gasteiger charge is 2.39. The van der Waals surface area contributed by atoms with Gasteiger partial charge in [-0.3, -0.25) is 4.90 Å². The summed E-state index contributed by atoms with van der Waals surface area (Å²) >= 11 is 0. The Labute approximate surface area is 125 Å². The first-order valence-electron chi connectivity index (χ1n) is 7.71. The normalized spacial score (nSPS) is 30.5. The van der Waals surface area contributed by atoms with E-state index in [-0.39, 0.29) is 12.4 Å². The Bertz CT molecular complexity index is 352. The number of halogens is 1. The Morgan fingerprint density at radius 1 is 1.38 bits per heavy atom. The third-order valence-corrected chi connectivity index (χ3v) is 3.66. The molecular weight excluding hydrogens is 277 g/mol. The van der Waals surface area contributed by atoms with Crippen molar-refractivity contribution in [1.82, 2.24) is 4.90 Å². The first-order chi connectivity index (χ1) is 9.89. The van der Waals surface area contributed by atoms with Crippen LogP contribution in [0.3, 0.4) is 0 Å². The maximum atomic E-state index is 13.2. The Hall–Kier alpha value is -0.880. The van der Waals surface area contributed by atoms with Crippen LogP contribution in [-0.4, -0.2) is 54.9 Å². The molecule has 3 atom stereocenters. The van der Waals surface area contributed by atoms with Gasteiger partial charge in [0.2, 0.25) is 0 Å². The van der Waals surface area contributed by atoms with Gasteiger partial charge in [-0.25, -0.2) is 9.18 Å². The zero-order valence-electron chi connectivity index (χ0n) is 13.1. The maximum Gasteiger partial charge on any atom is 0.410 e. The van der Waals surface area contributed by atoms with E-state index in [4.69, 9.17) is 14.2 Å². The predicted molar refractivity (Wildman–Crippen MR) is 75.8 cm³/mol. The van der Waals surface area contributed by atoms with Crippen molar-refractivity contribution in [2.75, 3.05) is 19.8 Å². The van der Waals surface area contributed by atoms with Crippen molar-refractivity contribution in [3.63, 3.8) is 0 Å². The van der Waals surface area contributed by atoms with Crippen LogP contribution in [0.2, 0.25) is 0 Å². The highest BCUT2D eigenvalue weighted by Crippen LogP contribution is 2.26. The van der Waals surface area contributed by atoms with E-state index in [0.717, 1.165) is 19.3 Å². The predicted octanol–water partition coefficient (Wildman–Crippen LogP) is 2.88. The monoisotopic (exact) mass is 303 g/mol. The molecule has 1 unspecified atom stereocenters. The Morgan fingerprint density at radius 2 is 2.14 bits per heavy atom. The van der Waals surface area contributed by atoms with E-state index < -0.39 is 24.4 Å². The van der Waals surface area contributed by atoms with Crippen molar-refractivity contribution in [2.24, 2.45) is 0 Å². The van der Waals surface area contributed by atoms with Gasteiger partial charge in [0.15, 0.2) is 6.29 Å². The lowest BCUT2D eigenvalue weighted by Crippen LogP contribution is -2.41. The topological polar surface area (TPSA) is 48.0 Å². The van der Waals surface area contributed by atoms with Crippen molar-refractivity contribution in [2.45, 2.75) is 70.5 Å². The number of nitrogens with zero attached hydrogens (tertiary/aromatic N) is 1. The molecule has 0 saturated carbocycles. The van der Waals surface area contributed by atoms with E-state index in [2.05, 4.69) is 0 Å². The summed E-state index contributed by atoms with van der Waals surface area (Å²) in [7, 11) is 0. The molecule has 0 aliphatic carbocycles. The number of amides is 1. The number of likely N-dealkylation sites (tertiary alicyclic amines) is 1. The molecule has 0 bridgehead atoms. The molecule has 21 heavy (non-hydrogen) atoms. The summed E-state index contributed by atoms with van der Waals surface area (Å²) in [5, 5.41) is 0. The van der Waals surface area contributed by atoms with Gasteiger partial charge in [-0.15, -0.1) is 0 Å². The van der Waals surface area contributed by atoms with Crippen molar-refractivity contribution < 1.29 is 23.4 Å². The van der Waals surface area contributed by atoms with Gasteiger partial charge in [-0.1, -0.05) is 0 Å². The lowest BCUT2D eigenvalue weighted by molar-refractivity contribution is -0.185. The number of rotatable bonds is 3. The molecule has 6 heteroatoms. The molecule has 2 rings (SSSR count). The van der Waals surface area contributed by atoms with Crippen molar-refractivity contribution in [3.8, 4) is 0 Å². The first kappa shape index (κ1) is 16.5. The Balaban J connectivity index is 1.88. The number of hydrogen-bond acceptors (Lipinski definition) is 4. The molecule has 0 spiro atoms. The second-order valence-electron chi connectivity index (χ2n) is 6.73. The van der Waals surface area contributed by atoms with E-state index in [0.29, 0.717) is 19.6 Å². The molecule has 2 saturated heterocycles. The minimum Gasteiger partial charge on any atom is -0.444 e. The molecule has 5 nitrogen and oxygen atoms in total. The fraction of sp³-hybridized carbons (Fsp3) is 0.933. The second kappa shape index (κ2) is 6.92. The van der Waals surface area contributed by atoms with Crippen LogP contribution in [-0.2, 0) is 14.2 Å². The van der Waals surface area contributed by atoms with E-state index in [9.17, 15) is 9.18 Å². The lowest BCUT2D eigenvalue weighted by atomic mass is 10.2. The van der Waals surface area contributed by atoms with Crippen LogP contribution in [0.4, 0.5) is 9.18 Å². The third-order valence-electron chi connectivity index (χ3n) is 3.66. The van der Waals surface area contributed by atoms with Gasteiger partial charge >= 0.3 is 6.09 Å². The van der Waals surface area contributed by atoms with Gasteiger partial charge in [0.1, 0.15) is 12.3 Å². The summed E-state index contributed by atoms with van der Waals surface area (Å²) in [6.45, 7) is 5.90. The molecule has 0 N–H and O–H groups in total. The van der Waals surface area contributed by atoms with Gasteiger partial charge in [0, 0.05) is 6.61 Å². The van der Waals surface area contributed by atoms with Gasteiger partial charge in [-0.05, 0) is 46.5 Å². The summed E-state index contributed by atoms with van der Waals surface area (Å²) in [5.74, 6) is 0. The van der Waals surface area contributed by atoms with Crippen molar-refractivity contribution >= 4 is 6.09 Å². The summed E-state index contributed by atoms with van der Waals surface area (Å²) in [6, 6.07) is -0.464. The fourth-order valence-electron chi connectivity index (χ4n) is 2.70. The van der Waals surface area contributed by atoms with Crippen LogP contribution in [0.1, 0.15) is 46.5 Å². The summed E-state index contributed by atoms with van der Waals surface area (Å²) < 4.78 is 29.9. The van der Waals surface area contributed by atoms with Crippen LogP contribution in [0.25, 0.3) is 0 Å². The molecule has 2 aliphatic rings. The summed E-state index contributed by atoms with van der Waals surface area (Å²) in [4.78, 5) is 13.6. The average Bonchev–Trinajstić information content (AvgIpc) is 2.81. The third kappa shape index (κ3) is 4.81. The fourth-order valence-corrected chi connectivity index (χ4v) is 2.70. The van der Waals surface area contributed by atoms with Crippen LogP contribution >= 0.6 is 0 Å². The molecule has 0 aromatic heterocycles. The molecular formula is C15H26FNO4. The number of hydrogen-bond donors (Lipinski definition) is 0. The molecule has 2 heterocycles. The maximum absolute atomic E-state index is 13.2. The lowest BCUT2D eigenvalue weighted by Gasteiger charge is -2.27. The molecule has 2 aliphatic heterocycles. The van der Waals surface area contributed by atoms with Crippen molar-refractivity contribution in [3.05, 3.63) is 0 Å². The smallest absolute Gasteiger partial charge is 0.410 e. The summed E-state index contributed by atoms with van der Waals surface area (Å²) in [6.07, 6.45) is 2.63. The van der Waals surface area contributed by atoms with Gasteiger partial charge < -0.3 is 14.2 Å². The first-order valence-corrected chi connectivity index (χ1v) is 7.71. The van der Waals surface area contributed by atoms with Gasteiger partial charge in [0.25, 0.3) is 0 Å². The number of carbonyl (C=O) groups is 1. The minimum atomic E-state index is -0.580.